The predicted molar refractivity (Wildman–Crippen MR) is 159 cm³/mol. The fourth-order valence-electron chi connectivity index (χ4n) is 6.34. The van der Waals surface area contributed by atoms with E-state index >= 15 is 0 Å². The highest BCUT2D eigenvalue weighted by molar-refractivity contribution is 6.07. The summed E-state index contributed by atoms with van der Waals surface area (Å²) in [5.41, 5.74) is 9.60. The van der Waals surface area contributed by atoms with E-state index in [1.54, 1.807) is 12.1 Å². The second kappa shape index (κ2) is 12.9. The number of nitrogens with two attached hydrogens (primary N) is 1. The van der Waals surface area contributed by atoms with Gasteiger partial charge in [-0.3, -0.25) is 14.4 Å². The number of nitrogens with zero attached hydrogens (tertiary/aromatic N) is 2. The molecular formula is C32H43N5O3. The minimum atomic E-state index is -0.213. The van der Waals surface area contributed by atoms with Crippen LogP contribution in [0.25, 0.3) is 0 Å². The molecule has 0 atom stereocenters. The molecule has 8 nitrogen and oxygen atoms in total. The number of anilines is 2. The summed E-state index contributed by atoms with van der Waals surface area (Å²) in [5.74, 6) is 0.112. The van der Waals surface area contributed by atoms with Gasteiger partial charge >= 0.3 is 0 Å². The number of rotatable bonds is 6. The highest BCUT2D eigenvalue weighted by atomic mass is 16.2. The summed E-state index contributed by atoms with van der Waals surface area (Å²) in [6.45, 7) is 4.64. The van der Waals surface area contributed by atoms with Gasteiger partial charge in [0.1, 0.15) is 0 Å². The Kier molecular flexibility index (Phi) is 9.04. The van der Waals surface area contributed by atoms with Crippen molar-refractivity contribution >= 4 is 29.1 Å². The van der Waals surface area contributed by atoms with Gasteiger partial charge in [0.15, 0.2) is 0 Å². The van der Waals surface area contributed by atoms with E-state index in [0.717, 1.165) is 62.6 Å². The molecule has 3 aliphatic rings. The molecule has 2 aliphatic carbocycles. The summed E-state index contributed by atoms with van der Waals surface area (Å²) in [6, 6.07) is 13.4. The molecule has 8 heteroatoms. The normalized spacial score (nSPS) is 22.1. The molecule has 5 rings (SSSR count). The molecule has 3 fully saturated rings. The van der Waals surface area contributed by atoms with Gasteiger partial charge < -0.3 is 26.2 Å². The van der Waals surface area contributed by atoms with Gasteiger partial charge in [0.2, 0.25) is 5.91 Å². The zero-order valence-corrected chi connectivity index (χ0v) is 23.7. The lowest BCUT2D eigenvalue weighted by atomic mass is 9.88. The third kappa shape index (κ3) is 6.84. The van der Waals surface area contributed by atoms with Gasteiger partial charge in [-0.2, -0.15) is 0 Å². The molecule has 214 valence electrons. The molecule has 0 aromatic heterocycles. The monoisotopic (exact) mass is 545 g/mol. The average Bonchev–Trinajstić information content (AvgIpc) is 2.98. The van der Waals surface area contributed by atoms with E-state index in [0.29, 0.717) is 48.9 Å². The van der Waals surface area contributed by atoms with Gasteiger partial charge in [-0.05, 0) is 75.8 Å². The fraction of sp³-hybridized carbons (Fsp3) is 0.531. The molecule has 0 radical (unpaired) electrons. The first-order valence-corrected chi connectivity index (χ1v) is 15.0. The number of carbonyl (C=O) groups excluding carboxylic acids is 3. The van der Waals surface area contributed by atoms with Gasteiger partial charge in [-0.1, -0.05) is 37.0 Å². The molecule has 2 saturated carbocycles. The van der Waals surface area contributed by atoms with Crippen LogP contribution in [0, 0.1) is 12.8 Å². The van der Waals surface area contributed by atoms with Gasteiger partial charge in [0, 0.05) is 55.3 Å². The first-order chi connectivity index (χ1) is 19.4. The summed E-state index contributed by atoms with van der Waals surface area (Å²) in [6.07, 6.45) is 9.13. The number of piperazine rings is 1. The highest BCUT2D eigenvalue weighted by Crippen LogP contribution is 2.31. The summed E-state index contributed by atoms with van der Waals surface area (Å²) in [4.78, 5) is 43.8. The Hall–Kier alpha value is -3.39. The SMILES string of the molecule is Cc1cccc(C(=O)Nc2cc(C(=O)NC3CCC(N)CC3)ccc2N2CCN(C(=O)C3CCCCC3)CC2)c1. The number of nitrogens with one attached hydrogen (secondary N) is 2. The molecule has 3 amide bonds. The number of benzene rings is 2. The molecule has 0 unspecified atom stereocenters. The van der Waals surface area contributed by atoms with E-state index in [9.17, 15) is 14.4 Å². The van der Waals surface area contributed by atoms with E-state index in [-0.39, 0.29) is 29.8 Å². The Labute approximate surface area is 237 Å². The topological polar surface area (TPSA) is 108 Å². The van der Waals surface area contributed by atoms with E-state index in [1.165, 1.54) is 6.42 Å². The van der Waals surface area contributed by atoms with Crippen molar-refractivity contribution in [3.05, 3.63) is 59.2 Å². The van der Waals surface area contributed by atoms with Crippen LogP contribution in [-0.4, -0.2) is 60.9 Å². The highest BCUT2D eigenvalue weighted by Gasteiger charge is 2.29. The van der Waals surface area contributed by atoms with Crippen molar-refractivity contribution in [1.82, 2.24) is 10.2 Å². The quantitative estimate of drug-likeness (QED) is 0.496. The predicted octanol–water partition coefficient (Wildman–Crippen LogP) is 4.48. The van der Waals surface area contributed by atoms with Crippen LogP contribution in [0.2, 0.25) is 0 Å². The second-order valence-corrected chi connectivity index (χ2v) is 11.8. The Morgan fingerprint density at radius 3 is 2.20 bits per heavy atom. The lowest BCUT2D eigenvalue weighted by molar-refractivity contribution is -0.136. The fourth-order valence-corrected chi connectivity index (χ4v) is 6.34. The second-order valence-electron chi connectivity index (χ2n) is 11.8. The van der Waals surface area contributed by atoms with Crippen molar-refractivity contribution in [2.75, 3.05) is 36.4 Å². The molecular weight excluding hydrogens is 502 g/mol. The average molecular weight is 546 g/mol. The van der Waals surface area contributed by atoms with Crippen molar-refractivity contribution in [3.63, 3.8) is 0 Å². The third-order valence-corrected chi connectivity index (χ3v) is 8.78. The van der Waals surface area contributed by atoms with Crippen molar-refractivity contribution in [3.8, 4) is 0 Å². The van der Waals surface area contributed by atoms with E-state index in [2.05, 4.69) is 15.5 Å². The number of amides is 3. The smallest absolute Gasteiger partial charge is 0.255 e. The zero-order chi connectivity index (χ0) is 28.1. The zero-order valence-electron chi connectivity index (χ0n) is 23.7. The molecule has 1 heterocycles. The van der Waals surface area contributed by atoms with Crippen molar-refractivity contribution in [2.24, 2.45) is 11.7 Å². The Bertz CT molecular complexity index is 1210. The molecule has 1 aliphatic heterocycles. The van der Waals surface area contributed by atoms with Crippen LogP contribution < -0.4 is 21.3 Å². The molecule has 40 heavy (non-hydrogen) atoms. The van der Waals surface area contributed by atoms with Crippen molar-refractivity contribution < 1.29 is 14.4 Å². The van der Waals surface area contributed by atoms with Crippen molar-refractivity contribution in [1.29, 1.82) is 0 Å². The molecule has 2 aromatic rings. The maximum atomic E-state index is 13.3. The molecule has 0 bridgehead atoms. The van der Waals surface area contributed by atoms with Crippen LogP contribution in [0.1, 0.15) is 84.1 Å². The molecule has 2 aromatic carbocycles. The Morgan fingerprint density at radius 2 is 1.50 bits per heavy atom. The van der Waals surface area contributed by atoms with Crippen molar-refractivity contribution in [2.45, 2.75) is 76.8 Å². The maximum Gasteiger partial charge on any atom is 0.255 e. The van der Waals surface area contributed by atoms with Gasteiger partial charge in [-0.15, -0.1) is 0 Å². The lowest BCUT2D eigenvalue weighted by Crippen LogP contribution is -2.50. The van der Waals surface area contributed by atoms with Crippen LogP contribution in [0.4, 0.5) is 11.4 Å². The summed E-state index contributed by atoms with van der Waals surface area (Å²) in [5, 5.41) is 6.24. The lowest BCUT2D eigenvalue weighted by Gasteiger charge is -2.39. The summed E-state index contributed by atoms with van der Waals surface area (Å²) >= 11 is 0. The number of hydrogen-bond donors (Lipinski definition) is 3. The molecule has 1 saturated heterocycles. The molecule has 4 N–H and O–H groups in total. The van der Waals surface area contributed by atoms with Crippen LogP contribution in [0.3, 0.4) is 0 Å². The molecule has 0 spiro atoms. The maximum absolute atomic E-state index is 13.3. The minimum absolute atomic E-state index is 0.118. The van der Waals surface area contributed by atoms with Crippen LogP contribution in [0.5, 0.6) is 0 Å². The van der Waals surface area contributed by atoms with Gasteiger partial charge in [0.05, 0.1) is 11.4 Å². The summed E-state index contributed by atoms with van der Waals surface area (Å²) < 4.78 is 0. The van der Waals surface area contributed by atoms with E-state index in [4.69, 9.17) is 5.73 Å². The Balaban J connectivity index is 1.32. The number of hydrogen-bond acceptors (Lipinski definition) is 5. The van der Waals surface area contributed by atoms with Crippen LogP contribution in [-0.2, 0) is 4.79 Å². The van der Waals surface area contributed by atoms with Gasteiger partial charge in [0.25, 0.3) is 11.8 Å². The first-order valence-electron chi connectivity index (χ1n) is 15.0. The van der Waals surface area contributed by atoms with Crippen LogP contribution >= 0.6 is 0 Å². The summed E-state index contributed by atoms with van der Waals surface area (Å²) in [7, 11) is 0. The van der Waals surface area contributed by atoms with E-state index < -0.39 is 0 Å². The number of aryl methyl sites for hydroxylation is 1. The van der Waals surface area contributed by atoms with E-state index in [1.807, 2.05) is 42.2 Å². The Morgan fingerprint density at radius 1 is 0.800 bits per heavy atom. The third-order valence-electron chi connectivity index (χ3n) is 8.78. The largest absolute Gasteiger partial charge is 0.366 e. The number of carbonyl (C=O) groups is 3. The van der Waals surface area contributed by atoms with Crippen LogP contribution in [0.15, 0.2) is 42.5 Å². The van der Waals surface area contributed by atoms with Gasteiger partial charge in [-0.25, -0.2) is 0 Å². The minimum Gasteiger partial charge on any atom is -0.366 e. The first kappa shape index (κ1) is 28.1. The standard InChI is InChI=1S/C32H43N5O3/c1-22-6-5-9-24(20-22)31(39)35-28-21-25(30(38)34-27-13-11-26(33)12-14-27)10-15-29(28)36-16-18-37(19-17-36)32(40)23-7-3-2-4-8-23/h5-6,9-10,15,20-21,23,26-27H,2-4,7-8,11-14,16-19,33H2,1H3,(H,34,38)(H,35,39).